The average molecular weight is 466 g/mol. The molecule has 0 aliphatic rings. The second-order valence-electron chi connectivity index (χ2n) is 6.25. The zero-order chi connectivity index (χ0) is 21.7. The van der Waals surface area contributed by atoms with E-state index in [1.165, 1.54) is 24.5 Å². The van der Waals surface area contributed by atoms with Crippen LogP contribution in [0, 0.1) is 5.82 Å². The van der Waals surface area contributed by atoms with E-state index in [0.29, 0.717) is 23.4 Å². The van der Waals surface area contributed by atoms with E-state index in [0.717, 1.165) is 17.2 Å². The minimum Gasteiger partial charge on any atom is -0.342 e. The number of thioether (sulfide) groups is 1. The summed E-state index contributed by atoms with van der Waals surface area (Å²) in [5, 5.41) is 3.65. The van der Waals surface area contributed by atoms with Gasteiger partial charge in [-0.25, -0.2) is 19.3 Å². The molecular weight excluding hydrogens is 448 g/mol. The molecule has 2 heterocycles. The number of fused-ring (bicyclic) bond motifs is 1. The van der Waals surface area contributed by atoms with Crippen LogP contribution in [0.3, 0.4) is 0 Å². The Hall–Kier alpha value is -2.42. The van der Waals surface area contributed by atoms with E-state index >= 15 is 0 Å². The lowest BCUT2D eigenvalue weighted by molar-refractivity contribution is -0.124. The second kappa shape index (κ2) is 10.1. The Morgan fingerprint density at radius 3 is 2.87 bits per heavy atom. The van der Waals surface area contributed by atoms with Crippen molar-refractivity contribution in [3.63, 3.8) is 0 Å². The summed E-state index contributed by atoms with van der Waals surface area (Å²) >= 11 is 13.3. The standard InChI is InChI=1S/C20H18Cl2FN5OS/c1-3-16(29)28(2)9-4-10-30-15-8-7-14-19(27-15)20(25-11-24-14)26-13-6-5-12(21)17(22)18(13)23/h3,5-8,11H,1,4,9-10H2,2H3,(H,24,25,26). The quantitative estimate of drug-likeness (QED) is 0.209. The van der Waals surface area contributed by atoms with Gasteiger partial charge in [-0.05, 0) is 36.8 Å². The highest BCUT2D eigenvalue weighted by atomic mass is 35.5. The van der Waals surface area contributed by atoms with Crippen LogP contribution in [0.5, 0.6) is 0 Å². The van der Waals surface area contributed by atoms with Crippen LogP contribution in [0.1, 0.15) is 6.42 Å². The summed E-state index contributed by atoms with van der Waals surface area (Å²) in [6, 6.07) is 6.68. The molecule has 0 spiro atoms. The van der Waals surface area contributed by atoms with E-state index in [1.807, 2.05) is 12.1 Å². The van der Waals surface area contributed by atoms with Crippen molar-refractivity contribution in [1.29, 1.82) is 0 Å². The number of aromatic nitrogens is 3. The van der Waals surface area contributed by atoms with Crippen molar-refractivity contribution in [2.24, 2.45) is 0 Å². The number of hydrogen-bond donors (Lipinski definition) is 1. The van der Waals surface area contributed by atoms with Crippen molar-refractivity contribution in [1.82, 2.24) is 19.9 Å². The third-order valence-corrected chi connectivity index (χ3v) is 5.98. The molecular formula is C20H18Cl2FN5OS. The molecule has 10 heteroatoms. The van der Waals surface area contributed by atoms with Crippen molar-refractivity contribution in [3.05, 3.63) is 59.1 Å². The SMILES string of the molecule is C=CC(=O)N(C)CCCSc1ccc2ncnc(Nc3ccc(Cl)c(Cl)c3F)c2n1. The Bertz CT molecular complexity index is 1100. The van der Waals surface area contributed by atoms with E-state index in [2.05, 4.69) is 26.8 Å². The van der Waals surface area contributed by atoms with Gasteiger partial charge in [0.25, 0.3) is 0 Å². The summed E-state index contributed by atoms with van der Waals surface area (Å²) in [6.45, 7) is 4.10. The number of benzene rings is 1. The lowest BCUT2D eigenvalue weighted by atomic mass is 10.3. The first-order valence-corrected chi connectivity index (χ1v) is 10.7. The van der Waals surface area contributed by atoms with E-state index in [4.69, 9.17) is 23.2 Å². The van der Waals surface area contributed by atoms with E-state index in [-0.39, 0.29) is 21.6 Å². The second-order valence-corrected chi connectivity index (χ2v) is 8.15. The number of likely N-dealkylation sites (N-methyl/N-ethyl adjacent to an activating group) is 1. The molecule has 156 valence electrons. The molecule has 0 atom stereocenters. The summed E-state index contributed by atoms with van der Waals surface area (Å²) in [7, 11) is 1.74. The monoisotopic (exact) mass is 465 g/mol. The highest BCUT2D eigenvalue weighted by Crippen LogP contribution is 2.32. The van der Waals surface area contributed by atoms with Crippen molar-refractivity contribution >= 4 is 63.4 Å². The normalized spacial score (nSPS) is 10.8. The fraction of sp³-hybridized carbons (Fsp3) is 0.200. The van der Waals surface area contributed by atoms with E-state index < -0.39 is 5.82 Å². The fourth-order valence-corrected chi connectivity index (χ4v) is 3.70. The smallest absolute Gasteiger partial charge is 0.245 e. The van der Waals surface area contributed by atoms with Crippen molar-refractivity contribution in [2.45, 2.75) is 11.4 Å². The lowest BCUT2D eigenvalue weighted by Gasteiger charge is -2.14. The van der Waals surface area contributed by atoms with Gasteiger partial charge >= 0.3 is 0 Å². The molecule has 0 aliphatic heterocycles. The molecule has 2 aromatic heterocycles. The van der Waals surface area contributed by atoms with Gasteiger partial charge in [-0.2, -0.15) is 0 Å². The number of hydrogen-bond acceptors (Lipinski definition) is 6. The topological polar surface area (TPSA) is 71.0 Å². The van der Waals surface area contributed by atoms with Crippen LogP contribution in [0.15, 0.2) is 48.3 Å². The van der Waals surface area contributed by atoms with Crippen LogP contribution in [-0.2, 0) is 4.79 Å². The number of carbonyl (C=O) groups is 1. The van der Waals surface area contributed by atoms with Crippen LogP contribution in [0.25, 0.3) is 11.0 Å². The van der Waals surface area contributed by atoms with Crippen LogP contribution in [0.4, 0.5) is 15.9 Å². The van der Waals surface area contributed by atoms with Crippen LogP contribution < -0.4 is 5.32 Å². The van der Waals surface area contributed by atoms with E-state index in [9.17, 15) is 9.18 Å². The van der Waals surface area contributed by atoms with Gasteiger partial charge in [-0.1, -0.05) is 29.8 Å². The maximum atomic E-state index is 14.4. The van der Waals surface area contributed by atoms with Gasteiger partial charge in [0.05, 0.1) is 26.3 Å². The number of amides is 1. The van der Waals surface area contributed by atoms with Crippen molar-refractivity contribution in [2.75, 3.05) is 24.7 Å². The number of nitrogens with zero attached hydrogens (tertiary/aromatic N) is 4. The molecule has 0 unspecified atom stereocenters. The average Bonchev–Trinajstić information content (AvgIpc) is 2.76. The lowest BCUT2D eigenvalue weighted by Crippen LogP contribution is -2.25. The molecule has 3 rings (SSSR count). The molecule has 0 aliphatic carbocycles. The molecule has 0 bridgehead atoms. The number of rotatable bonds is 8. The molecule has 1 amide bonds. The van der Waals surface area contributed by atoms with Gasteiger partial charge in [0.15, 0.2) is 11.6 Å². The molecule has 30 heavy (non-hydrogen) atoms. The molecule has 0 fully saturated rings. The minimum absolute atomic E-state index is 0.105. The van der Waals surface area contributed by atoms with E-state index in [1.54, 1.807) is 23.7 Å². The summed E-state index contributed by atoms with van der Waals surface area (Å²) < 4.78 is 14.4. The van der Waals surface area contributed by atoms with Gasteiger partial charge < -0.3 is 10.2 Å². The van der Waals surface area contributed by atoms with Gasteiger partial charge in [0, 0.05) is 19.3 Å². The first-order valence-electron chi connectivity index (χ1n) is 8.93. The summed E-state index contributed by atoms with van der Waals surface area (Å²) in [6.07, 6.45) is 3.47. The first kappa shape index (κ1) is 22.3. The molecule has 0 radical (unpaired) electrons. The van der Waals surface area contributed by atoms with Gasteiger partial charge in [-0.15, -0.1) is 11.8 Å². The maximum Gasteiger partial charge on any atom is 0.245 e. The molecule has 0 saturated heterocycles. The number of anilines is 2. The van der Waals surface area contributed by atoms with Crippen molar-refractivity contribution < 1.29 is 9.18 Å². The first-order chi connectivity index (χ1) is 14.4. The summed E-state index contributed by atoms with van der Waals surface area (Å²) in [5.74, 6) is 0.354. The van der Waals surface area contributed by atoms with Crippen LogP contribution in [-0.4, -0.2) is 45.1 Å². The van der Waals surface area contributed by atoms with Crippen LogP contribution in [0.2, 0.25) is 10.0 Å². The highest BCUT2D eigenvalue weighted by Gasteiger charge is 2.14. The van der Waals surface area contributed by atoms with Crippen molar-refractivity contribution in [3.8, 4) is 0 Å². The Balaban J connectivity index is 1.75. The summed E-state index contributed by atoms with van der Waals surface area (Å²) in [4.78, 5) is 26.1. The molecule has 3 aromatic rings. The van der Waals surface area contributed by atoms with Gasteiger partial charge in [0.1, 0.15) is 11.8 Å². The van der Waals surface area contributed by atoms with Gasteiger partial charge in [-0.3, -0.25) is 4.79 Å². The highest BCUT2D eigenvalue weighted by molar-refractivity contribution is 7.99. The third-order valence-electron chi connectivity index (χ3n) is 4.18. The maximum absolute atomic E-state index is 14.4. The Labute approximate surface area is 187 Å². The Kier molecular flexibility index (Phi) is 7.47. The zero-order valence-electron chi connectivity index (χ0n) is 16.0. The number of pyridine rings is 1. The van der Waals surface area contributed by atoms with Gasteiger partial charge in [0.2, 0.25) is 5.91 Å². The third kappa shape index (κ3) is 5.19. The predicted molar refractivity (Wildman–Crippen MR) is 120 cm³/mol. The molecule has 1 N–H and O–H groups in total. The Morgan fingerprint density at radius 1 is 1.30 bits per heavy atom. The number of carbonyl (C=O) groups excluding carboxylic acids is 1. The number of halogens is 3. The van der Waals surface area contributed by atoms with Crippen LogP contribution >= 0.6 is 35.0 Å². The molecule has 6 nitrogen and oxygen atoms in total. The minimum atomic E-state index is -0.667. The summed E-state index contributed by atoms with van der Waals surface area (Å²) in [5.41, 5.74) is 1.26. The molecule has 0 saturated carbocycles. The zero-order valence-corrected chi connectivity index (χ0v) is 18.4. The Morgan fingerprint density at radius 2 is 2.10 bits per heavy atom. The number of nitrogens with one attached hydrogen (secondary N) is 1. The predicted octanol–water partition coefficient (Wildman–Crippen LogP) is 5.34. The molecule has 1 aromatic carbocycles. The fourth-order valence-electron chi connectivity index (χ4n) is 2.59. The largest absolute Gasteiger partial charge is 0.342 e.